The number of rotatable bonds is 4. The predicted molar refractivity (Wildman–Crippen MR) is 106 cm³/mol. The lowest BCUT2D eigenvalue weighted by Gasteiger charge is -2.13. The summed E-state index contributed by atoms with van der Waals surface area (Å²) in [5, 5.41) is 7.43. The molecule has 9 heteroatoms. The van der Waals surface area contributed by atoms with Crippen LogP contribution in [0.5, 0.6) is 0 Å². The number of carbonyl (C=O) groups is 1. The zero-order valence-corrected chi connectivity index (χ0v) is 16.9. The normalized spacial score (nSPS) is 19.8. The standard InChI is InChI=1S/C19H23N5O3S/c1-11-17(13(3)24(23-11)14-8-9-28(26,27)10-14)19(25)20-12(2)18-21-15-6-4-5-7-16(15)22-18/h4-7,12,14H,8-10H2,1-3H3,(H,20,25)(H,21,22)/t12-,14-/m1/s1. The third kappa shape index (κ3) is 3.30. The van der Waals surface area contributed by atoms with Crippen molar-refractivity contribution in [3.05, 3.63) is 47.0 Å². The average molecular weight is 401 g/mol. The van der Waals surface area contributed by atoms with Gasteiger partial charge in [-0.25, -0.2) is 13.4 Å². The molecule has 1 aliphatic rings. The lowest BCUT2D eigenvalue weighted by atomic mass is 10.1. The highest BCUT2D eigenvalue weighted by Gasteiger charge is 2.32. The van der Waals surface area contributed by atoms with Gasteiger partial charge in [0.05, 0.1) is 45.9 Å². The van der Waals surface area contributed by atoms with Crippen molar-refractivity contribution in [1.82, 2.24) is 25.1 Å². The number of sulfone groups is 1. The second-order valence-electron chi connectivity index (χ2n) is 7.38. The average Bonchev–Trinajstić information content (AvgIpc) is 3.29. The maximum absolute atomic E-state index is 12.9. The molecule has 2 atom stereocenters. The Morgan fingerprint density at radius 2 is 2.07 bits per heavy atom. The van der Waals surface area contributed by atoms with Crippen molar-refractivity contribution in [3.63, 3.8) is 0 Å². The molecule has 0 bridgehead atoms. The van der Waals surface area contributed by atoms with Crippen molar-refractivity contribution >= 4 is 26.8 Å². The highest BCUT2D eigenvalue weighted by atomic mass is 32.2. The molecule has 0 radical (unpaired) electrons. The summed E-state index contributed by atoms with van der Waals surface area (Å²) in [5.74, 6) is 0.681. The van der Waals surface area contributed by atoms with Gasteiger partial charge in [-0.3, -0.25) is 9.48 Å². The van der Waals surface area contributed by atoms with Crippen LogP contribution in [0.25, 0.3) is 11.0 Å². The van der Waals surface area contributed by atoms with Gasteiger partial charge in [0, 0.05) is 5.69 Å². The van der Waals surface area contributed by atoms with Crippen molar-refractivity contribution in [2.45, 2.75) is 39.3 Å². The van der Waals surface area contributed by atoms with Crippen LogP contribution in [0.15, 0.2) is 24.3 Å². The van der Waals surface area contributed by atoms with E-state index in [1.165, 1.54) is 0 Å². The summed E-state index contributed by atoms with van der Waals surface area (Å²) in [7, 11) is -3.03. The van der Waals surface area contributed by atoms with E-state index in [0.717, 1.165) is 11.0 Å². The molecule has 0 unspecified atom stereocenters. The minimum absolute atomic E-state index is 0.0748. The third-order valence-electron chi connectivity index (χ3n) is 5.27. The van der Waals surface area contributed by atoms with Crippen LogP contribution < -0.4 is 5.32 Å². The van der Waals surface area contributed by atoms with Crippen LogP contribution in [-0.4, -0.2) is 45.6 Å². The van der Waals surface area contributed by atoms with E-state index < -0.39 is 9.84 Å². The first-order valence-corrected chi connectivity index (χ1v) is 11.1. The van der Waals surface area contributed by atoms with E-state index >= 15 is 0 Å². The molecule has 28 heavy (non-hydrogen) atoms. The molecule has 0 aliphatic carbocycles. The molecule has 1 saturated heterocycles. The molecule has 3 heterocycles. The van der Waals surface area contributed by atoms with Crippen molar-refractivity contribution < 1.29 is 13.2 Å². The Bertz CT molecular complexity index is 1130. The summed E-state index contributed by atoms with van der Waals surface area (Å²) in [6.45, 7) is 5.45. The molecular weight excluding hydrogens is 378 g/mol. The topological polar surface area (TPSA) is 110 Å². The fourth-order valence-electron chi connectivity index (χ4n) is 3.83. The fraction of sp³-hybridized carbons (Fsp3) is 0.421. The summed E-state index contributed by atoms with van der Waals surface area (Å²) >= 11 is 0. The Hall–Kier alpha value is -2.68. The second kappa shape index (κ2) is 6.73. The van der Waals surface area contributed by atoms with Crippen LogP contribution in [0.4, 0.5) is 0 Å². The number of imidazole rings is 1. The molecule has 2 N–H and O–H groups in total. The van der Waals surface area contributed by atoms with Gasteiger partial charge >= 0.3 is 0 Å². The van der Waals surface area contributed by atoms with Crippen LogP contribution in [0, 0.1) is 13.8 Å². The van der Waals surface area contributed by atoms with E-state index in [0.29, 0.717) is 29.2 Å². The third-order valence-corrected chi connectivity index (χ3v) is 7.02. The van der Waals surface area contributed by atoms with E-state index in [9.17, 15) is 13.2 Å². The van der Waals surface area contributed by atoms with Gasteiger partial charge in [-0.2, -0.15) is 5.10 Å². The summed E-state index contributed by atoms with van der Waals surface area (Å²) in [6.07, 6.45) is 0.529. The first kappa shape index (κ1) is 18.7. The number of nitrogens with one attached hydrogen (secondary N) is 2. The number of aryl methyl sites for hydroxylation is 1. The number of amides is 1. The van der Waals surface area contributed by atoms with Crippen molar-refractivity contribution in [3.8, 4) is 0 Å². The monoisotopic (exact) mass is 401 g/mol. The maximum atomic E-state index is 12.9. The van der Waals surface area contributed by atoms with E-state index in [1.54, 1.807) is 11.6 Å². The predicted octanol–water partition coefficient (Wildman–Crippen LogP) is 2.23. The number of aromatic amines is 1. The first-order chi connectivity index (χ1) is 13.2. The molecule has 3 aromatic rings. The molecular formula is C19H23N5O3S. The molecule has 1 fully saturated rings. The summed E-state index contributed by atoms with van der Waals surface area (Å²) in [6, 6.07) is 7.18. The Balaban J connectivity index is 1.56. The van der Waals surface area contributed by atoms with Crippen LogP contribution in [0.1, 0.15) is 53.0 Å². The Morgan fingerprint density at radius 3 is 2.75 bits per heavy atom. The van der Waals surface area contributed by atoms with Gasteiger partial charge < -0.3 is 10.3 Å². The lowest BCUT2D eigenvalue weighted by Crippen LogP contribution is -2.28. The van der Waals surface area contributed by atoms with Gasteiger partial charge in [0.1, 0.15) is 5.82 Å². The molecule has 2 aromatic heterocycles. The van der Waals surface area contributed by atoms with Gasteiger partial charge in [0.15, 0.2) is 9.84 Å². The summed E-state index contributed by atoms with van der Waals surface area (Å²) in [5.41, 5.74) is 3.54. The lowest BCUT2D eigenvalue weighted by molar-refractivity contribution is 0.0937. The number of benzene rings is 1. The highest BCUT2D eigenvalue weighted by Crippen LogP contribution is 2.27. The molecule has 8 nitrogen and oxygen atoms in total. The Morgan fingerprint density at radius 1 is 1.32 bits per heavy atom. The van der Waals surface area contributed by atoms with Crippen LogP contribution >= 0.6 is 0 Å². The Labute approximate surface area is 163 Å². The SMILES string of the molecule is Cc1nn([C@@H]2CCS(=O)(=O)C2)c(C)c1C(=O)N[C@H](C)c1nc2ccccc2[nH]1. The second-order valence-corrected chi connectivity index (χ2v) is 9.61. The van der Waals surface area contributed by atoms with Crippen LogP contribution in [0.3, 0.4) is 0 Å². The van der Waals surface area contributed by atoms with E-state index in [4.69, 9.17) is 0 Å². The van der Waals surface area contributed by atoms with Gasteiger partial charge in [0.25, 0.3) is 5.91 Å². The molecule has 1 aliphatic heterocycles. The molecule has 0 saturated carbocycles. The summed E-state index contributed by atoms with van der Waals surface area (Å²) < 4.78 is 25.3. The van der Waals surface area contributed by atoms with Gasteiger partial charge in [-0.1, -0.05) is 12.1 Å². The number of nitrogens with zero attached hydrogens (tertiary/aromatic N) is 3. The molecule has 148 valence electrons. The zero-order valence-electron chi connectivity index (χ0n) is 16.1. The molecule has 0 spiro atoms. The number of hydrogen-bond acceptors (Lipinski definition) is 5. The number of fused-ring (bicyclic) bond motifs is 1. The quantitative estimate of drug-likeness (QED) is 0.697. The van der Waals surface area contributed by atoms with Crippen LogP contribution in [-0.2, 0) is 9.84 Å². The van der Waals surface area contributed by atoms with E-state index in [-0.39, 0.29) is 29.5 Å². The number of aromatic nitrogens is 4. The van der Waals surface area contributed by atoms with Gasteiger partial charge in [0.2, 0.25) is 0 Å². The van der Waals surface area contributed by atoms with Gasteiger partial charge in [-0.05, 0) is 39.3 Å². The fourth-order valence-corrected chi connectivity index (χ4v) is 5.52. The number of H-pyrrole nitrogens is 1. The molecule has 4 rings (SSSR count). The zero-order chi connectivity index (χ0) is 20.1. The van der Waals surface area contributed by atoms with Crippen molar-refractivity contribution in [2.75, 3.05) is 11.5 Å². The van der Waals surface area contributed by atoms with E-state index in [1.807, 2.05) is 38.1 Å². The maximum Gasteiger partial charge on any atom is 0.255 e. The minimum atomic E-state index is -3.03. The largest absolute Gasteiger partial charge is 0.342 e. The minimum Gasteiger partial charge on any atom is -0.342 e. The van der Waals surface area contributed by atoms with Crippen LogP contribution in [0.2, 0.25) is 0 Å². The Kier molecular flexibility index (Phi) is 4.49. The highest BCUT2D eigenvalue weighted by molar-refractivity contribution is 7.91. The first-order valence-electron chi connectivity index (χ1n) is 9.27. The molecule has 1 amide bonds. The smallest absolute Gasteiger partial charge is 0.255 e. The number of hydrogen-bond donors (Lipinski definition) is 2. The number of carbonyl (C=O) groups excluding carboxylic acids is 1. The van der Waals surface area contributed by atoms with Crippen molar-refractivity contribution in [1.29, 1.82) is 0 Å². The van der Waals surface area contributed by atoms with Gasteiger partial charge in [-0.15, -0.1) is 0 Å². The van der Waals surface area contributed by atoms with E-state index in [2.05, 4.69) is 20.4 Å². The number of para-hydroxylation sites is 2. The molecule has 1 aromatic carbocycles. The summed E-state index contributed by atoms with van der Waals surface area (Å²) in [4.78, 5) is 20.7. The van der Waals surface area contributed by atoms with Crippen molar-refractivity contribution in [2.24, 2.45) is 0 Å².